The molecule has 0 saturated carbocycles. The van der Waals surface area contributed by atoms with Gasteiger partial charge in [0.2, 0.25) is 0 Å². The predicted molar refractivity (Wildman–Crippen MR) is 90.6 cm³/mol. The fourth-order valence-corrected chi connectivity index (χ4v) is 3.31. The van der Waals surface area contributed by atoms with Crippen molar-refractivity contribution in [1.82, 2.24) is 5.32 Å². The van der Waals surface area contributed by atoms with E-state index in [1.54, 1.807) is 18.9 Å². The summed E-state index contributed by atoms with van der Waals surface area (Å²) in [5.41, 5.74) is 1.15. The van der Waals surface area contributed by atoms with E-state index in [1.165, 1.54) is 4.90 Å². The highest BCUT2D eigenvalue weighted by Crippen LogP contribution is 2.35. The highest BCUT2D eigenvalue weighted by atomic mass is 35.5. The quantitative estimate of drug-likeness (QED) is 0.725. The molecule has 2 aromatic rings. The van der Waals surface area contributed by atoms with E-state index in [9.17, 15) is 0 Å². The Hall–Kier alpha value is -1.16. The Morgan fingerprint density at radius 1 is 1.19 bits per heavy atom. The van der Waals surface area contributed by atoms with E-state index in [2.05, 4.69) is 24.4 Å². The van der Waals surface area contributed by atoms with Crippen molar-refractivity contribution in [2.45, 2.75) is 29.7 Å². The van der Waals surface area contributed by atoms with Crippen LogP contribution in [0.5, 0.6) is 5.75 Å². The number of halogens is 1. The lowest BCUT2D eigenvalue weighted by Gasteiger charge is -2.12. The third-order valence-electron chi connectivity index (χ3n) is 3.07. The number of rotatable bonds is 7. The molecule has 0 aliphatic rings. The van der Waals surface area contributed by atoms with Gasteiger partial charge in [0.05, 0.1) is 7.11 Å². The Labute approximate surface area is 135 Å². The second kappa shape index (κ2) is 8.32. The van der Waals surface area contributed by atoms with Crippen LogP contribution in [0.1, 0.15) is 18.9 Å². The molecule has 0 amide bonds. The van der Waals surface area contributed by atoms with Gasteiger partial charge in [-0.3, -0.25) is 0 Å². The van der Waals surface area contributed by atoms with Gasteiger partial charge in [0, 0.05) is 21.4 Å². The number of benzene rings is 2. The van der Waals surface area contributed by atoms with Crippen molar-refractivity contribution < 1.29 is 4.74 Å². The molecule has 112 valence electrons. The monoisotopic (exact) mass is 321 g/mol. The van der Waals surface area contributed by atoms with Gasteiger partial charge in [0.15, 0.2) is 0 Å². The number of methoxy groups -OCH3 is 1. The van der Waals surface area contributed by atoms with Gasteiger partial charge in [0.25, 0.3) is 0 Å². The maximum atomic E-state index is 6.36. The SMILES string of the molecule is CCCNCc1c(Cl)cccc1Sc1cccc(OC)c1. The zero-order valence-corrected chi connectivity index (χ0v) is 13.9. The third kappa shape index (κ3) is 4.67. The summed E-state index contributed by atoms with van der Waals surface area (Å²) in [6, 6.07) is 14.1. The van der Waals surface area contributed by atoms with E-state index in [1.807, 2.05) is 30.3 Å². The van der Waals surface area contributed by atoms with E-state index in [0.717, 1.165) is 40.7 Å². The lowest BCUT2D eigenvalue weighted by molar-refractivity contribution is 0.413. The summed E-state index contributed by atoms with van der Waals surface area (Å²) in [6.07, 6.45) is 1.11. The van der Waals surface area contributed by atoms with Crippen molar-refractivity contribution in [3.05, 3.63) is 53.1 Å². The minimum absolute atomic E-state index is 0.791. The molecule has 21 heavy (non-hydrogen) atoms. The van der Waals surface area contributed by atoms with Crippen molar-refractivity contribution in [3.63, 3.8) is 0 Å². The molecule has 0 atom stereocenters. The maximum absolute atomic E-state index is 6.36. The molecule has 0 aliphatic carbocycles. The smallest absolute Gasteiger partial charge is 0.119 e. The van der Waals surface area contributed by atoms with Crippen LogP contribution < -0.4 is 10.1 Å². The van der Waals surface area contributed by atoms with Crippen molar-refractivity contribution >= 4 is 23.4 Å². The molecule has 0 radical (unpaired) electrons. The van der Waals surface area contributed by atoms with Crippen LogP contribution >= 0.6 is 23.4 Å². The summed E-state index contributed by atoms with van der Waals surface area (Å²) < 4.78 is 5.27. The van der Waals surface area contributed by atoms with Crippen molar-refractivity contribution in [1.29, 1.82) is 0 Å². The van der Waals surface area contributed by atoms with Crippen LogP contribution in [-0.2, 0) is 6.54 Å². The average Bonchev–Trinajstić information content (AvgIpc) is 2.50. The molecule has 2 rings (SSSR count). The molecule has 4 heteroatoms. The van der Waals surface area contributed by atoms with Crippen molar-refractivity contribution in [2.75, 3.05) is 13.7 Å². The molecule has 0 saturated heterocycles. The minimum Gasteiger partial charge on any atom is -0.497 e. The van der Waals surface area contributed by atoms with Gasteiger partial charge in [-0.2, -0.15) is 0 Å². The standard InChI is InChI=1S/C17H20ClNOS/c1-3-10-19-12-15-16(18)8-5-9-17(15)21-14-7-4-6-13(11-14)20-2/h4-9,11,19H,3,10,12H2,1-2H3. The van der Waals surface area contributed by atoms with Crippen LogP contribution in [-0.4, -0.2) is 13.7 Å². The molecule has 2 nitrogen and oxygen atoms in total. The second-order valence-corrected chi connectivity index (χ2v) is 6.20. The maximum Gasteiger partial charge on any atom is 0.119 e. The lowest BCUT2D eigenvalue weighted by atomic mass is 10.2. The van der Waals surface area contributed by atoms with Crippen LogP contribution in [0.3, 0.4) is 0 Å². The second-order valence-electron chi connectivity index (χ2n) is 4.67. The number of hydrogen-bond donors (Lipinski definition) is 1. The Morgan fingerprint density at radius 3 is 2.76 bits per heavy atom. The van der Waals surface area contributed by atoms with E-state index >= 15 is 0 Å². The first kappa shape index (κ1) is 16.2. The van der Waals surface area contributed by atoms with Gasteiger partial charge in [-0.25, -0.2) is 0 Å². The normalized spacial score (nSPS) is 10.6. The van der Waals surface area contributed by atoms with E-state index in [4.69, 9.17) is 16.3 Å². The van der Waals surface area contributed by atoms with Gasteiger partial charge in [-0.15, -0.1) is 0 Å². The Kier molecular flexibility index (Phi) is 6.43. The highest BCUT2D eigenvalue weighted by Gasteiger charge is 2.08. The zero-order valence-electron chi connectivity index (χ0n) is 12.4. The average molecular weight is 322 g/mol. The molecule has 2 aromatic carbocycles. The molecule has 0 bridgehead atoms. The Bertz CT molecular complexity index is 589. The summed E-state index contributed by atoms with van der Waals surface area (Å²) in [5, 5.41) is 4.23. The third-order valence-corrected chi connectivity index (χ3v) is 4.52. The number of nitrogens with one attached hydrogen (secondary N) is 1. The summed E-state index contributed by atoms with van der Waals surface area (Å²) in [4.78, 5) is 2.33. The first-order valence-corrected chi connectivity index (χ1v) is 8.24. The van der Waals surface area contributed by atoms with Gasteiger partial charge in [-0.05, 0) is 48.9 Å². The molecule has 0 fully saturated rings. The lowest BCUT2D eigenvalue weighted by Crippen LogP contribution is -2.14. The first-order chi connectivity index (χ1) is 10.2. The number of ether oxygens (including phenoxy) is 1. The molecular weight excluding hydrogens is 302 g/mol. The molecule has 0 aromatic heterocycles. The number of hydrogen-bond acceptors (Lipinski definition) is 3. The highest BCUT2D eigenvalue weighted by molar-refractivity contribution is 7.99. The Balaban J connectivity index is 2.20. The summed E-state index contributed by atoms with van der Waals surface area (Å²) in [5.74, 6) is 0.868. The molecule has 0 unspecified atom stereocenters. The molecule has 1 N–H and O–H groups in total. The minimum atomic E-state index is 0.791. The van der Waals surface area contributed by atoms with E-state index in [-0.39, 0.29) is 0 Å². The largest absolute Gasteiger partial charge is 0.497 e. The fourth-order valence-electron chi connectivity index (χ4n) is 1.99. The van der Waals surface area contributed by atoms with Crippen LogP contribution in [0.25, 0.3) is 0 Å². The van der Waals surface area contributed by atoms with Gasteiger partial charge < -0.3 is 10.1 Å². The van der Waals surface area contributed by atoms with Crippen molar-refractivity contribution in [3.8, 4) is 5.75 Å². The molecule has 0 heterocycles. The molecular formula is C17H20ClNOS. The Morgan fingerprint density at radius 2 is 2.00 bits per heavy atom. The summed E-state index contributed by atoms with van der Waals surface area (Å²) in [6.45, 7) is 3.94. The van der Waals surface area contributed by atoms with Gasteiger partial charge >= 0.3 is 0 Å². The van der Waals surface area contributed by atoms with Crippen LogP contribution in [0.15, 0.2) is 52.3 Å². The first-order valence-electron chi connectivity index (χ1n) is 7.04. The summed E-state index contributed by atoms with van der Waals surface area (Å²) >= 11 is 8.07. The van der Waals surface area contributed by atoms with Crippen LogP contribution in [0.2, 0.25) is 5.02 Å². The van der Waals surface area contributed by atoms with Gasteiger partial charge in [0.1, 0.15) is 5.75 Å². The van der Waals surface area contributed by atoms with Gasteiger partial charge in [-0.1, -0.05) is 42.4 Å². The topological polar surface area (TPSA) is 21.3 Å². The van der Waals surface area contributed by atoms with Crippen LogP contribution in [0, 0.1) is 0 Å². The zero-order chi connectivity index (χ0) is 15.1. The molecule has 0 spiro atoms. The fraction of sp³-hybridized carbons (Fsp3) is 0.294. The summed E-state index contributed by atoms with van der Waals surface area (Å²) in [7, 11) is 1.68. The van der Waals surface area contributed by atoms with E-state index in [0.29, 0.717) is 0 Å². The van der Waals surface area contributed by atoms with Crippen molar-refractivity contribution in [2.24, 2.45) is 0 Å². The molecule has 0 aliphatic heterocycles. The van der Waals surface area contributed by atoms with E-state index < -0.39 is 0 Å². The predicted octanol–water partition coefficient (Wildman–Crippen LogP) is 5.00. The van der Waals surface area contributed by atoms with Crippen LogP contribution in [0.4, 0.5) is 0 Å².